The number of rotatable bonds is 0. The molecule has 1 heterocycles. The third-order valence-electron chi connectivity index (χ3n) is 2.67. The van der Waals surface area contributed by atoms with E-state index in [1.54, 1.807) is 0 Å². The van der Waals surface area contributed by atoms with Gasteiger partial charge in [0.1, 0.15) is 28.7 Å². The molecule has 1 aromatic carbocycles. The van der Waals surface area contributed by atoms with Gasteiger partial charge in [-0.3, -0.25) is 4.79 Å². The Kier molecular flexibility index (Phi) is 2.10. The molecule has 5 heteroatoms. The van der Waals surface area contributed by atoms with Crippen LogP contribution >= 0.6 is 0 Å². The predicted octanol–water partition coefficient (Wildman–Crippen LogP) is 2.88. The lowest BCUT2D eigenvalue weighted by Gasteiger charge is -2.09. The summed E-state index contributed by atoms with van der Waals surface area (Å²) in [6.45, 7) is 0. The number of benzene rings is 2. The molecule has 0 bridgehead atoms. The molecule has 0 saturated heterocycles. The molecular formula is C13H6F2O3. The predicted molar refractivity (Wildman–Crippen MR) is 60.7 cm³/mol. The topological polar surface area (TPSA) is 50.4 Å². The quantitative estimate of drug-likeness (QED) is 0.622. The highest BCUT2D eigenvalue weighted by Gasteiger charge is 2.19. The van der Waals surface area contributed by atoms with E-state index in [-0.39, 0.29) is 33.5 Å². The summed E-state index contributed by atoms with van der Waals surface area (Å²) in [5, 5.41) is 8.90. The molecule has 0 saturated carbocycles. The van der Waals surface area contributed by atoms with Gasteiger partial charge in [0.2, 0.25) is 0 Å². The van der Waals surface area contributed by atoms with Gasteiger partial charge in [-0.1, -0.05) is 0 Å². The normalized spacial score (nSPS) is 11.2. The zero-order chi connectivity index (χ0) is 12.9. The third kappa shape index (κ3) is 1.44. The van der Waals surface area contributed by atoms with Crippen LogP contribution in [0.5, 0.6) is 5.75 Å². The van der Waals surface area contributed by atoms with Crippen LogP contribution in [0.15, 0.2) is 39.5 Å². The molecule has 2 aliphatic rings. The number of halogens is 2. The first-order valence-corrected chi connectivity index (χ1v) is 5.11. The highest BCUT2D eigenvalue weighted by Crippen LogP contribution is 2.34. The van der Waals surface area contributed by atoms with Crippen LogP contribution in [0.2, 0.25) is 0 Å². The number of hydrogen-bond acceptors (Lipinski definition) is 3. The van der Waals surface area contributed by atoms with Crippen LogP contribution in [0, 0.1) is 11.6 Å². The van der Waals surface area contributed by atoms with E-state index in [1.165, 1.54) is 12.1 Å². The van der Waals surface area contributed by atoms with Crippen LogP contribution < -0.4 is 5.43 Å². The molecule has 0 radical (unpaired) electrons. The molecule has 0 unspecified atom stereocenters. The number of phenols is 1. The third-order valence-corrected chi connectivity index (χ3v) is 2.67. The average molecular weight is 248 g/mol. The van der Waals surface area contributed by atoms with Gasteiger partial charge in [-0.05, 0) is 12.1 Å². The van der Waals surface area contributed by atoms with E-state index in [9.17, 15) is 18.7 Å². The number of phenolic OH excluding ortho intramolecular Hbond substituents is 1. The Hall–Kier alpha value is -2.43. The zero-order valence-corrected chi connectivity index (χ0v) is 8.91. The molecule has 1 aromatic rings. The molecule has 0 aromatic heterocycles. The van der Waals surface area contributed by atoms with Crippen molar-refractivity contribution in [1.82, 2.24) is 0 Å². The number of fused-ring (bicyclic) bond motifs is 2. The van der Waals surface area contributed by atoms with Gasteiger partial charge in [-0.2, -0.15) is 0 Å². The van der Waals surface area contributed by atoms with Crippen LogP contribution in [0.4, 0.5) is 8.78 Å². The van der Waals surface area contributed by atoms with E-state index >= 15 is 0 Å². The minimum atomic E-state index is -0.917. The van der Waals surface area contributed by atoms with Crippen LogP contribution in [0.3, 0.4) is 0 Å². The maximum Gasteiger partial charge on any atom is 0.182 e. The first-order chi connectivity index (χ1) is 8.56. The second kappa shape index (κ2) is 3.53. The van der Waals surface area contributed by atoms with Gasteiger partial charge in [-0.25, -0.2) is 8.78 Å². The van der Waals surface area contributed by atoms with Crippen LogP contribution in [-0.4, -0.2) is 5.11 Å². The Morgan fingerprint density at radius 3 is 2.67 bits per heavy atom. The number of aromatic hydroxyl groups is 1. The summed E-state index contributed by atoms with van der Waals surface area (Å²) in [5.41, 5.74) is -0.472. The van der Waals surface area contributed by atoms with Gasteiger partial charge in [0.05, 0.1) is 10.9 Å². The van der Waals surface area contributed by atoms with E-state index in [0.29, 0.717) is 0 Å². The Bertz CT molecular complexity index is 792. The van der Waals surface area contributed by atoms with Crippen LogP contribution in [0.1, 0.15) is 0 Å². The van der Waals surface area contributed by atoms with E-state index in [0.717, 1.165) is 18.2 Å². The molecule has 1 N–H and O–H groups in total. The first-order valence-electron chi connectivity index (χ1n) is 5.11. The van der Waals surface area contributed by atoms with Crippen LogP contribution in [0.25, 0.3) is 22.3 Å². The Labute approximate surface area is 99.2 Å². The Balaban J connectivity index is 2.57. The summed E-state index contributed by atoms with van der Waals surface area (Å²) in [4.78, 5) is 11.2. The maximum atomic E-state index is 14.1. The number of hydrogen-bond donors (Lipinski definition) is 1. The van der Waals surface area contributed by atoms with Crippen LogP contribution in [-0.2, 0) is 0 Å². The van der Waals surface area contributed by atoms with Gasteiger partial charge in [0.15, 0.2) is 5.43 Å². The van der Waals surface area contributed by atoms with E-state index in [1.807, 2.05) is 0 Å². The minimum Gasteiger partial charge on any atom is -0.508 e. The molecule has 1 aliphatic heterocycles. The SMILES string of the molecule is O=c1ccc2c(F)c3c(F)cc(O)cc3oc-2c1. The summed E-state index contributed by atoms with van der Waals surface area (Å²) in [6, 6.07) is 5.42. The second-order valence-corrected chi connectivity index (χ2v) is 3.87. The fraction of sp³-hybridized carbons (Fsp3) is 0. The summed E-state index contributed by atoms with van der Waals surface area (Å²) >= 11 is 0. The van der Waals surface area contributed by atoms with Crippen molar-refractivity contribution in [3.63, 3.8) is 0 Å². The van der Waals surface area contributed by atoms with Crippen molar-refractivity contribution in [3.8, 4) is 17.1 Å². The van der Waals surface area contributed by atoms with Crippen molar-refractivity contribution in [3.05, 3.63) is 52.2 Å². The minimum absolute atomic E-state index is 0.0116. The lowest BCUT2D eigenvalue weighted by molar-refractivity contribution is 0.467. The van der Waals surface area contributed by atoms with Gasteiger partial charge < -0.3 is 9.52 Å². The first kappa shape index (κ1) is 10.7. The largest absolute Gasteiger partial charge is 0.508 e. The standard InChI is InChI=1S/C13H6F2O3/c14-9-3-7(17)5-11-12(9)13(15)8-2-1-6(16)4-10(8)18-11/h1-5,17H. The molecule has 0 amide bonds. The summed E-state index contributed by atoms with van der Waals surface area (Å²) in [6.07, 6.45) is 0. The zero-order valence-electron chi connectivity index (χ0n) is 8.91. The van der Waals surface area contributed by atoms with E-state index in [2.05, 4.69) is 0 Å². The van der Waals surface area contributed by atoms with Gasteiger partial charge in [0.25, 0.3) is 0 Å². The summed E-state index contributed by atoms with van der Waals surface area (Å²) in [7, 11) is 0. The van der Waals surface area contributed by atoms with Crippen molar-refractivity contribution in [2.75, 3.05) is 0 Å². The molecule has 0 atom stereocenters. The monoisotopic (exact) mass is 248 g/mol. The van der Waals surface area contributed by atoms with Crippen molar-refractivity contribution in [1.29, 1.82) is 0 Å². The fourth-order valence-electron chi connectivity index (χ4n) is 1.88. The molecule has 90 valence electrons. The highest BCUT2D eigenvalue weighted by atomic mass is 19.1. The van der Waals surface area contributed by atoms with Crippen molar-refractivity contribution < 1.29 is 18.3 Å². The average Bonchev–Trinajstić information content (AvgIpc) is 2.27. The molecule has 1 aliphatic carbocycles. The second-order valence-electron chi connectivity index (χ2n) is 3.87. The summed E-state index contributed by atoms with van der Waals surface area (Å²) < 4.78 is 32.9. The Morgan fingerprint density at radius 2 is 1.89 bits per heavy atom. The van der Waals surface area contributed by atoms with Crippen molar-refractivity contribution in [2.45, 2.75) is 0 Å². The Morgan fingerprint density at radius 1 is 1.11 bits per heavy atom. The molecule has 3 rings (SSSR count). The molecule has 0 fully saturated rings. The molecule has 3 nitrogen and oxygen atoms in total. The highest BCUT2D eigenvalue weighted by molar-refractivity contribution is 5.85. The molecule has 0 spiro atoms. The molecule has 18 heavy (non-hydrogen) atoms. The van der Waals surface area contributed by atoms with E-state index < -0.39 is 11.6 Å². The van der Waals surface area contributed by atoms with Gasteiger partial charge >= 0.3 is 0 Å². The smallest absolute Gasteiger partial charge is 0.182 e. The molecular weight excluding hydrogens is 242 g/mol. The van der Waals surface area contributed by atoms with Crippen molar-refractivity contribution in [2.24, 2.45) is 0 Å². The fourth-order valence-corrected chi connectivity index (χ4v) is 1.88. The van der Waals surface area contributed by atoms with E-state index in [4.69, 9.17) is 4.42 Å². The lowest BCUT2D eigenvalue weighted by atomic mass is 10.1. The summed E-state index contributed by atoms with van der Waals surface area (Å²) in [5.74, 6) is -2.10. The van der Waals surface area contributed by atoms with Gasteiger partial charge in [-0.15, -0.1) is 0 Å². The van der Waals surface area contributed by atoms with Crippen molar-refractivity contribution >= 4 is 11.0 Å². The van der Waals surface area contributed by atoms with Gasteiger partial charge in [0, 0.05) is 18.2 Å². The maximum absolute atomic E-state index is 14.1. The lowest BCUT2D eigenvalue weighted by Crippen LogP contribution is -2.00.